The molecule has 2 atom stereocenters. The number of piperidine rings is 1. The summed E-state index contributed by atoms with van der Waals surface area (Å²) in [5, 5.41) is 3.75. The fourth-order valence-corrected chi connectivity index (χ4v) is 4.69. The molecular weight excluding hydrogens is 256 g/mol. The van der Waals surface area contributed by atoms with Crippen LogP contribution in [0.1, 0.15) is 66.2 Å². The van der Waals surface area contributed by atoms with E-state index in [1.807, 2.05) is 0 Å². The third-order valence-electron chi connectivity index (χ3n) is 5.77. The molecule has 21 heavy (non-hydrogen) atoms. The fourth-order valence-electron chi connectivity index (χ4n) is 4.69. The minimum absolute atomic E-state index is 0.554. The van der Waals surface area contributed by atoms with Crippen LogP contribution in [0.15, 0.2) is 0 Å². The molecule has 2 rings (SSSR count). The summed E-state index contributed by atoms with van der Waals surface area (Å²) in [7, 11) is 0. The van der Waals surface area contributed by atoms with Crippen molar-refractivity contribution in [2.24, 2.45) is 23.2 Å². The van der Waals surface area contributed by atoms with Crippen molar-refractivity contribution in [2.75, 3.05) is 32.7 Å². The number of likely N-dealkylation sites (tertiary alicyclic amines) is 1. The van der Waals surface area contributed by atoms with Gasteiger partial charge in [0, 0.05) is 26.2 Å². The van der Waals surface area contributed by atoms with Gasteiger partial charge in [0.05, 0.1) is 0 Å². The molecule has 1 saturated heterocycles. The quantitative estimate of drug-likeness (QED) is 0.740. The number of nitrogens with one attached hydrogen (secondary N) is 1. The van der Waals surface area contributed by atoms with Crippen LogP contribution in [0.5, 0.6) is 0 Å². The van der Waals surface area contributed by atoms with Crippen LogP contribution in [0.25, 0.3) is 0 Å². The summed E-state index contributed by atoms with van der Waals surface area (Å²) >= 11 is 0. The number of hydrogen-bond acceptors (Lipinski definition) is 2. The van der Waals surface area contributed by atoms with E-state index in [4.69, 9.17) is 0 Å². The van der Waals surface area contributed by atoms with Crippen LogP contribution >= 0.6 is 0 Å². The molecule has 2 aliphatic rings. The van der Waals surface area contributed by atoms with E-state index in [0.717, 1.165) is 17.8 Å². The van der Waals surface area contributed by atoms with E-state index in [1.165, 1.54) is 71.2 Å². The Kier molecular flexibility index (Phi) is 6.55. The molecule has 0 spiro atoms. The molecule has 2 nitrogen and oxygen atoms in total. The van der Waals surface area contributed by atoms with E-state index in [0.29, 0.717) is 5.41 Å². The summed E-state index contributed by atoms with van der Waals surface area (Å²) in [5.74, 6) is 2.72. The molecule has 2 fully saturated rings. The summed E-state index contributed by atoms with van der Waals surface area (Å²) in [6.07, 6.45) is 8.42. The minimum Gasteiger partial charge on any atom is -0.316 e. The maximum atomic E-state index is 3.75. The highest BCUT2D eigenvalue weighted by Crippen LogP contribution is 2.40. The Balaban J connectivity index is 1.94. The zero-order chi connectivity index (χ0) is 15.3. The Bertz CT molecular complexity index is 284. The van der Waals surface area contributed by atoms with Crippen LogP contribution in [0, 0.1) is 23.2 Å². The van der Waals surface area contributed by atoms with Gasteiger partial charge in [-0.25, -0.2) is 0 Å². The molecule has 2 heteroatoms. The molecule has 0 radical (unpaired) electrons. The third-order valence-corrected chi connectivity index (χ3v) is 5.77. The van der Waals surface area contributed by atoms with Gasteiger partial charge in [-0.3, -0.25) is 0 Å². The SMILES string of the molecule is CCCNCC1(CN2CC(C)CC(C)C2)CCC(C)CC1. The molecule has 0 bridgehead atoms. The molecule has 2 unspecified atom stereocenters. The summed E-state index contributed by atoms with van der Waals surface area (Å²) in [4.78, 5) is 2.79. The summed E-state index contributed by atoms with van der Waals surface area (Å²) < 4.78 is 0. The normalized spacial score (nSPS) is 38.6. The summed E-state index contributed by atoms with van der Waals surface area (Å²) in [6, 6.07) is 0. The zero-order valence-corrected chi connectivity index (χ0v) is 15.0. The Morgan fingerprint density at radius 1 is 1.00 bits per heavy atom. The molecule has 0 aromatic rings. The lowest BCUT2D eigenvalue weighted by Crippen LogP contribution is -2.50. The van der Waals surface area contributed by atoms with Gasteiger partial charge in [-0.1, -0.05) is 40.5 Å². The van der Waals surface area contributed by atoms with E-state index in [9.17, 15) is 0 Å². The lowest BCUT2D eigenvalue weighted by Gasteiger charge is -2.46. The van der Waals surface area contributed by atoms with Crippen molar-refractivity contribution >= 4 is 0 Å². The third kappa shape index (κ3) is 5.25. The highest BCUT2D eigenvalue weighted by molar-refractivity contribution is 4.91. The molecule has 0 aromatic carbocycles. The van der Waals surface area contributed by atoms with Crippen LogP contribution in [-0.4, -0.2) is 37.6 Å². The van der Waals surface area contributed by atoms with Gasteiger partial charge in [0.2, 0.25) is 0 Å². The largest absolute Gasteiger partial charge is 0.316 e. The maximum absolute atomic E-state index is 3.75. The van der Waals surface area contributed by atoms with Gasteiger partial charge in [0.25, 0.3) is 0 Å². The second-order valence-electron chi connectivity index (χ2n) is 8.50. The van der Waals surface area contributed by atoms with Crippen molar-refractivity contribution in [3.63, 3.8) is 0 Å². The van der Waals surface area contributed by atoms with E-state index in [-0.39, 0.29) is 0 Å². The molecule has 1 saturated carbocycles. The Morgan fingerprint density at radius 2 is 1.62 bits per heavy atom. The van der Waals surface area contributed by atoms with E-state index in [2.05, 4.69) is 37.9 Å². The second kappa shape index (κ2) is 7.97. The van der Waals surface area contributed by atoms with Crippen molar-refractivity contribution in [1.29, 1.82) is 0 Å². The Morgan fingerprint density at radius 3 is 2.19 bits per heavy atom. The van der Waals surface area contributed by atoms with E-state index < -0.39 is 0 Å². The fraction of sp³-hybridized carbons (Fsp3) is 1.00. The number of nitrogens with zero attached hydrogens (tertiary/aromatic N) is 1. The molecule has 1 heterocycles. The first-order chi connectivity index (χ1) is 10.0. The lowest BCUT2D eigenvalue weighted by atomic mass is 9.70. The minimum atomic E-state index is 0.554. The Hall–Kier alpha value is -0.0800. The monoisotopic (exact) mass is 294 g/mol. The summed E-state index contributed by atoms with van der Waals surface area (Å²) in [6.45, 7) is 16.0. The summed E-state index contributed by atoms with van der Waals surface area (Å²) in [5.41, 5.74) is 0.554. The van der Waals surface area contributed by atoms with Crippen LogP contribution in [0.2, 0.25) is 0 Å². The van der Waals surface area contributed by atoms with Crippen molar-refractivity contribution < 1.29 is 0 Å². The van der Waals surface area contributed by atoms with Gasteiger partial charge in [0.1, 0.15) is 0 Å². The first-order valence-electron chi connectivity index (χ1n) is 9.46. The molecule has 0 amide bonds. The molecular formula is C19H38N2. The van der Waals surface area contributed by atoms with Crippen LogP contribution < -0.4 is 5.32 Å². The first-order valence-corrected chi connectivity index (χ1v) is 9.46. The van der Waals surface area contributed by atoms with E-state index in [1.54, 1.807) is 0 Å². The molecule has 124 valence electrons. The van der Waals surface area contributed by atoms with Crippen molar-refractivity contribution in [3.05, 3.63) is 0 Å². The average Bonchev–Trinajstić information content (AvgIpc) is 2.41. The van der Waals surface area contributed by atoms with Crippen LogP contribution in [0.3, 0.4) is 0 Å². The van der Waals surface area contributed by atoms with Gasteiger partial charge in [-0.15, -0.1) is 0 Å². The van der Waals surface area contributed by atoms with Gasteiger partial charge in [-0.2, -0.15) is 0 Å². The second-order valence-corrected chi connectivity index (χ2v) is 8.50. The highest BCUT2D eigenvalue weighted by Gasteiger charge is 2.36. The van der Waals surface area contributed by atoms with Crippen molar-refractivity contribution in [2.45, 2.75) is 66.2 Å². The molecule has 1 N–H and O–H groups in total. The number of rotatable bonds is 6. The van der Waals surface area contributed by atoms with Crippen molar-refractivity contribution in [1.82, 2.24) is 10.2 Å². The van der Waals surface area contributed by atoms with Crippen LogP contribution in [-0.2, 0) is 0 Å². The van der Waals surface area contributed by atoms with Gasteiger partial charge >= 0.3 is 0 Å². The molecule has 1 aliphatic carbocycles. The van der Waals surface area contributed by atoms with Gasteiger partial charge in [-0.05, 0) is 55.4 Å². The Labute approximate surface area is 133 Å². The number of hydrogen-bond donors (Lipinski definition) is 1. The molecule has 1 aliphatic heterocycles. The van der Waals surface area contributed by atoms with Gasteiger partial charge in [0.15, 0.2) is 0 Å². The maximum Gasteiger partial charge on any atom is 0.00504 e. The first kappa shape index (κ1) is 17.3. The van der Waals surface area contributed by atoms with Crippen molar-refractivity contribution in [3.8, 4) is 0 Å². The average molecular weight is 295 g/mol. The van der Waals surface area contributed by atoms with Gasteiger partial charge < -0.3 is 10.2 Å². The standard InChI is InChI=1S/C19H38N2/c1-5-10-20-14-19(8-6-16(2)7-9-19)15-21-12-17(3)11-18(4)13-21/h16-18,20H,5-15H2,1-4H3. The predicted molar refractivity (Wildman–Crippen MR) is 92.6 cm³/mol. The smallest absolute Gasteiger partial charge is 0.00504 e. The van der Waals surface area contributed by atoms with Crippen LogP contribution in [0.4, 0.5) is 0 Å². The predicted octanol–water partition coefficient (Wildman–Crippen LogP) is 4.16. The zero-order valence-electron chi connectivity index (χ0n) is 15.0. The topological polar surface area (TPSA) is 15.3 Å². The molecule has 0 aromatic heterocycles. The van der Waals surface area contributed by atoms with E-state index >= 15 is 0 Å². The highest BCUT2D eigenvalue weighted by atomic mass is 15.1. The lowest BCUT2D eigenvalue weighted by molar-refractivity contribution is 0.0496.